The van der Waals surface area contributed by atoms with Gasteiger partial charge in [0.1, 0.15) is 13.1 Å². The van der Waals surface area contributed by atoms with Crippen molar-refractivity contribution in [3.8, 4) is 0 Å². The van der Waals surface area contributed by atoms with Gasteiger partial charge in [0.25, 0.3) is 0 Å². The highest BCUT2D eigenvalue weighted by atomic mass is 79.9. The fraction of sp³-hybridized carbons (Fsp3) is 1.00. The van der Waals surface area contributed by atoms with E-state index < -0.39 is 0 Å². The summed E-state index contributed by atoms with van der Waals surface area (Å²) in [6, 6.07) is 0. The molecule has 76 valence electrons. The predicted octanol–water partition coefficient (Wildman–Crippen LogP) is -2.64. The summed E-state index contributed by atoms with van der Waals surface area (Å²) in [5.74, 6) is 0. The molecule has 0 spiro atoms. The third-order valence-corrected chi connectivity index (χ3v) is 1.80. The van der Waals surface area contributed by atoms with Gasteiger partial charge < -0.3 is 30.9 Å². The van der Waals surface area contributed by atoms with E-state index in [2.05, 4.69) is 14.1 Å². The standard InChI is InChI=1S/C8H20NO2.BrH/c1-9(2,5-7-10-3)6-8-11-4;/h5-8H2,1-4H3;1H/q+1;/p-1. The molecule has 3 nitrogen and oxygen atoms in total. The number of methoxy groups -OCH3 is 2. The van der Waals surface area contributed by atoms with Gasteiger partial charge in [0.05, 0.1) is 27.3 Å². The van der Waals surface area contributed by atoms with Crippen LogP contribution in [0.3, 0.4) is 0 Å². The van der Waals surface area contributed by atoms with Crippen LogP contribution in [0.5, 0.6) is 0 Å². The molecule has 0 N–H and O–H groups in total. The van der Waals surface area contributed by atoms with Crippen molar-refractivity contribution in [1.82, 2.24) is 0 Å². The molecule has 0 aromatic rings. The summed E-state index contributed by atoms with van der Waals surface area (Å²) in [5.41, 5.74) is 0. The van der Waals surface area contributed by atoms with Crippen LogP contribution in [0.25, 0.3) is 0 Å². The van der Waals surface area contributed by atoms with E-state index in [9.17, 15) is 0 Å². The summed E-state index contributed by atoms with van der Waals surface area (Å²) in [4.78, 5) is 0. The maximum atomic E-state index is 5.00. The number of halogens is 1. The summed E-state index contributed by atoms with van der Waals surface area (Å²) in [6.45, 7) is 3.72. The van der Waals surface area contributed by atoms with E-state index >= 15 is 0 Å². The molecule has 0 aliphatic heterocycles. The molecule has 0 aliphatic carbocycles. The van der Waals surface area contributed by atoms with Gasteiger partial charge in [-0.25, -0.2) is 0 Å². The van der Waals surface area contributed by atoms with E-state index in [0.717, 1.165) is 30.8 Å². The van der Waals surface area contributed by atoms with E-state index in [1.807, 2.05) is 0 Å². The van der Waals surface area contributed by atoms with Crippen LogP contribution >= 0.6 is 0 Å². The fourth-order valence-electron chi connectivity index (χ4n) is 0.789. The second-order valence-electron chi connectivity index (χ2n) is 3.37. The molecule has 0 heterocycles. The van der Waals surface area contributed by atoms with Crippen LogP contribution in [0.1, 0.15) is 0 Å². The Morgan fingerprint density at radius 1 is 0.917 bits per heavy atom. The highest BCUT2D eigenvalue weighted by molar-refractivity contribution is 4.32. The van der Waals surface area contributed by atoms with Gasteiger partial charge in [-0.1, -0.05) is 0 Å². The van der Waals surface area contributed by atoms with Gasteiger partial charge in [0, 0.05) is 14.2 Å². The Kier molecular flexibility index (Phi) is 9.88. The zero-order valence-electron chi connectivity index (χ0n) is 8.47. The molecule has 0 aromatic heterocycles. The third kappa shape index (κ3) is 8.46. The molecule has 4 heteroatoms. The van der Waals surface area contributed by atoms with E-state index in [1.54, 1.807) is 14.2 Å². The molecule has 0 radical (unpaired) electrons. The van der Waals surface area contributed by atoms with Crippen molar-refractivity contribution in [3.63, 3.8) is 0 Å². The van der Waals surface area contributed by atoms with E-state index in [4.69, 9.17) is 9.47 Å². The SMILES string of the molecule is COCC[N+](C)(C)CCOC.[Br-]. The number of rotatable bonds is 6. The predicted molar refractivity (Wildman–Crippen MR) is 45.6 cm³/mol. The first-order valence-electron chi connectivity index (χ1n) is 3.92. The summed E-state index contributed by atoms with van der Waals surface area (Å²) in [5, 5.41) is 0. The molecule has 0 aromatic carbocycles. The molecule has 0 atom stereocenters. The molecular formula is C8H20BrNO2. The van der Waals surface area contributed by atoms with Gasteiger partial charge >= 0.3 is 0 Å². The van der Waals surface area contributed by atoms with E-state index in [0.29, 0.717) is 0 Å². The Labute approximate surface area is 86.0 Å². The fourth-order valence-corrected chi connectivity index (χ4v) is 0.789. The Morgan fingerprint density at radius 3 is 1.50 bits per heavy atom. The number of ether oxygens (including phenoxy) is 2. The molecule has 0 amide bonds. The monoisotopic (exact) mass is 241 g/mol. The van der Waals surface area contributed by atoms with Crippen LogP contribution in [0.15, 0.2) is 0 Å². The first-order valence-corrected chi connectivity index (χ1v) is 3.92. The Bertz CT molecular complexity index is 89.1. The lowest BCUT2D eigenvalue weighted by atomic mass is 10.4. The average Bonchev–Trinajstić information content (AvgIpc) is 1.97. The Morgan fingerprint density at radius 2 is 1.25 bits per heavy atom. The van der Waals surface area contributed by atoms with Crippen LogP contribution in [0.2, 0.25) is 0 Å². The van der Waals surface area contributed by atoms with E-state index in [-0.39, 0.29) is 17.0 Å². The van der Waals surface area contributed by atoms with Crippen molar-refractivity contribution >= 4 is 0 Å². The largest absolute Gasteiger partial charge is 1.00 e. The number of hydrogen-bond acceptors (Lipinski definition) is 2. The molecule has 0 fully saturated rings. The second-order valence-corrected chi connectivity index (χ2v) is 3.37. The van der Waals surface area contributed by atoms with Gasteiger partial charge in [0.15, 0.2) is 0 Å². The molecule has 0 aliphatic rings. The van der Waals surface area contributed by atoms with Crippen molar-refractivity contribution in [3.05, 3.63) is 0 Å². The van der Waals surface area contributed by atoms with Crippen LogP contribution in [0.4, 0.5) is 0 Å². The number of quaternary nitrogens is 1. The highest BCUT2D eigenvalue weighted by Crippen LogP contribution is 1.95. The maximum absolute atomic E-state index is 5.00. The molecular weight excluding hydrogens is 222 g/mol. The van der Waals surface area contributed by atoms with Gasteiger partial charge in [-0.3, -0.25) is 0 Å². The summed E-state index contributed by atoms with van der Waals surface area (Å²) in [7, 11) is 7.82. The van der Waals surface area contributed by atoms with Crippen molar-refractivity contribution in [2.75, 3.05) is 54.6 Å². The first kappa shape index (κ1) is 14.9. The quantitative estimate of drug-likeness (QED) is 0.474. The van der Waals surface area contributed by atoms with Crippen molar-refractivity contribution in [2.24, 2.45) is 0 Å². The molecule has 0 unspecified atom stereocenters. The summed E-state index contributed by atoms with van der Waals surface area (Å²) < 4.78 is 11.0. The van der Waals surface area contributed by atoms with Crippen LogP contribution in [-0.4, -0.2) is 59.1 Å². The Hall–Kier alpha value is 0.360. The van der Waals surface area contributed by atoms with Gasteiger partial charge in [-0.2, -0.15) is 0 Å². The van der Waals surface area contributed by atoms with Gasteiger partial charge in [-0.15, -0.1) is 0 Å². The highest BCUT2D eigenvalue weighted by Gasteiger charge is 2.12. The lowest BCUT2D eigenvalue weighted by Crippen LogP contribution is -3.00. The lowest BCUT2D eigenvalue weighted by Gasteiger charge is -2.28. The molecule has 0 saturated heterocycles. The van der Waals surface area contributed by atoms with E-state index in [1.165, 1.54) is 0 Å². The number of nitrogens with zero attached hydrogens (tertiary/aromatic N) is 1. The molecule has 0 saturated carbocycles. The van der Waals surface area contributed by atoms with Crippen molar-refractivity contribution in [2.45, 2.75) is 0 Å². The first-order chi connectivity index (χ1) is 5.12. The number of hydrogen-bond donors (Lipinski definition) is 0. The number of likely N-dealkylation sites (N-methyl/N-ethyl adjacent to an activating group) is 1. The molecule has 12 heavy (non-hydrogen) atoms. The minimum absolute atomic E-state index is 0. The molecule has 0 rings (SSSR count). The lowest BCUT2D eigenvalue weighted by molar-refractivity contribution is -0.891. The summed E-state index contributed by atoms with van der Waals surface area (Å²) >= 11 is 0. The summed E-state index contributed by atoms with van der Waals surface area (Å²) in [6.07, 6.45) is 0. The van der Waals surface area contributed by atoms with Gasteiger partial charge in [0.2, 0.25) is 0 Å². The Balaban J connectivity index is 0. The zero-order chi connectivity index (χ0) is 8.74. The smallest absolute Gasteiger partial charge is 0.102 e. The molecule has 0 bridgehead atoms. The topological polar surface area (TPSA) is 18.5 Å². The normalized spacial score (nSPS) is 11.0. The minimum Gasteiger partial charge on any atom is -1.00 e. The van der Waals surface area contributed by atoms with Crippen LogP contribution in [-0.2, 0) is 9.47 Å². The maximum Gasteiger partial charge on any atom is 0.102 e. The minimum atomic E-state index is 0. The second kappa shape index (κ2) is 7.98. The van der Waals surface area contributed by atoms with Crippen LogP contribution < -0.4 is 17.0 Å². The average molecular weight is 242 g/mol. The van der Waals surface area contributed by atoms with Crippen molar-refractivity contribution in [1.29, 1.82) is 0 Å². The third-order valence-electron chi connectivity index (χ3n) is 1.80. The zero-order valence-corrected chi connectivity index (χ0v) is 10.1. The van der Waals surface area contributed by atoms with Gasteiger partial charge in [-0.05, 0) is 0 Å². The van der Waals surface area contributed by atoms with Crippen molar-refractivity contribution < 1.29 is 30.9 Å². The van der Waals surface area contributed by atoms with Crippen LogP contribution in [0, 0.1) is 0 Å².